The van der Waals surface area contributed by atoms with Crippen LogP contribution in [0.1, 0.15) is 18.4 Å². The molecule has 0 atom stereocenters. The van der Waals surface area contributed by atoms with Crippen LogP contribution in [0, 0.1) is 0 Å². The molecule has 1 aliphatic rings. The summed E-state index contributed by atoms with van der Waals surface area (Å²) in [5.41, 5.74) is 1.71. The fourth-order valence-electron chi connectivity index (χ4n) is 2.07. The SMILES string of the molecule is CN=C(NC)NCC1(c2cccc(Br)c2)CC1. The van der Waals surface area contributed by atoms with Crippen LogP contribution in [0.25, 0.3) is 0 Å². The van der Waals surface area contributed by atoms with E-state index in [1.54, 1.807) is 7.05 Å². The summed E-state index contributed by atoms with van der Waals surface area (Å²) in [6, 6.07) is 8.60. The molecule has 0 heterocycles. The Morgan fingerprint density at radius 3 is 2.76 bits per heavy atom. The Morgan fingerprint density at radius 1 is 1.47 bits per heavy atom. The molecule has 0 aromatic heterocycles. The van der Waals surface area contributed by atoms with Crippen molar-refractivity contribution < 1.29 is 0 Å². The van der Waals surface area contributed by atoms with Gasteiger partial charge in [0, 0.05) is 30.5 Å². The summed E-state index contributed by atoms with van der Waals surface area (Å²) in [5.74, 6) is 0.853. The zero-order chi connectivity index (χ0) is 12.3. The van der Waals surface area contributed by atoms with Crippen molar-refractivity contribution in [2.24, 2.45) is 4.99 Å². The molecule has 92 valence electrons. The highest BCUT2D eigenvalue weighted by molar-refractivity contribution is 9.10. The highest BCUT2D eigenvalue weighted by Gasteiger charge is 2.44. The second-order valence-electron chi connectivity index (χ2n) is 4.47. The van der Waals surface area contributed by atoms with Gasteiger partial charge in [-0.15, -0.1) is 0 Å². The summed E-state index contributed by atoms with van der Waals surface area (Å²) in [5, 5.41) is 6.41. The summed E-state index contributed by atoms with van der Waals surface area (Å²) >= 11 is 3.53. The van der Waals surface area contributed by atoms with Crippen molar-refractivity contribution in [3.63, 3.8) is 0 Å². The standard InChI is InChI=1S/C13H18BrN3/c1-15-12(16-2)17-9-13(6-7-13)10-4-3-5-11(14)8-10/h3-5,8H,6-7,9H2,1-2H3,(H2,15,16,17). The van der Waals surface area contributed by atoms with Crippen molar-refractivity contribution in [2.75, 3.05) is 20.6 Å². The lowest BCUT2D eigenvalue weighted by molar-refractivity contribution is 0.650. The van der Waals surface area contributed by atoms with E-state index < -0.39 is 0 Å². The van der Waals surface area contributed by atoms with Crippen molar-refractivity contribution >= 4 is 21.9 Å². The first-order valence-electron chi connectivity index (χ1n) is 5.85. The summed E-state index contributed by atoms with van der Waals surface area (Å²) in [7, 11) is 3.67. The van der Waals surface area contributed by atoms with E-state index in [9.17, 15) is 0 Å². The predicted octanol–water partition coefficient (Wildman–Crippen LogP) is 2.28. The molecule has 0 amide bonds. The minimum atomic E-state index is 0.302. The van der Waals surface area contributed by atoms with Crippen LogP contribution in [0.3, 0.4) is 0 Å². The van der Waals surface area contributed by atoms with Gasteiger partial charge in [-0.25, -0.2) is 0 Å². The van der Waals surface area contributed by atoms with Crippen LogP contribution in [0.15, 0.2) is 33.7 Å². The Hall–Kier alpha value is -1.03. The molecule has 1 aliphatic carbocycles. The molecule has 1 aromatic carbocycles. The normalized spacial score (nSPS) is 17.7. The average molecular weight is 296 g/mol. The highest BCUT2D eigenvalue weighted by atomic mass is 79.9. The van der Waals surface area contributed by atoms with E-state index >= 15 is 0 Å². The third kappa shape index (κ3) is 2.80. The van der Waals surface area contributed by atoms with Gasteiger partial charge in [0.1, 0.15) is 0 Å². The summed E-state index contributed by atoms with van der Waals surface area (Å²) in [6.07, 6.45) is 2.49. The first-order valence-corrected chi connectivity index (χ1v) is 6.64. The van der Waals surface area contributed by atoms with Gasteiger partial charge < -0.3 is 10.6 Å². The van der Waals surface area contributed by atoms with Crippen LogP contribution < -0.4 is 10.6 Å². The lowest BCUT2D eigenvalue weighted by Gasteiger charge is -2.18. The van der Waals surface area contributed by atoms with Crippen molar-refractivity contribution in [3.05, 3.63) is 34.3 Å². The molecule has 0 radical (unpaired) electrons. The Bertz CT molecular complexity index is 424. The third-order valence-corrected chi connectivity index (χ3v) is 3.84. The van der Waals surface area contributed by atoms with E-state index in [0.29, 0.717) is 5.41 Å². The topological polar surface area (TPSA) is 36.4 Å². The highest BCUT2D eigenvalue weighted by Crippen LogP contribution is 2.48. The molecule has 3 nitrogen and oxygen atoms in total. The van der Waals surface area contributed by atoms with E-state index in [4.69, 9.17) is 0 Å². The maximum Gasteiger partial charge on any atom is 0.190 e. The lowest BCUT2D eigenvalue weighted by atomic mass is 9.96. The molecular weight excluding hydrogens is 278 g/mol. The van der Waals surface area contributed by atoms with Gasteiger partial charge in [0.15, 0.2) is 5.96 Å². The largest absolute Gasteiger partial charge is 0.359 e. The molecule has 4 heteroatoms. The number of aliphatic imine (C=N–C) groups is 1. The fraction of sp³-hybridized carbons (Fsp3) is 0.462. The van der Waals surface area contributed by atoms with Crippen molar-refractivity contribution in [2.45, 2.75) is 18.3 Å². The van der Waals surface area contributed by atoms with Crippen LogP contribution >= 0.6 is 15.9 Å². The molecule has 0 bridgehead atoms. The molecule has 1 saturated carbocycles. The quantitative estimate of drug-likeness (QED) is 0.663. The lowest BCUT2D eigenvalue weighted by Crippen LogP contribution is -2.39. The molecule has 0 spiro atoms. The second-order valence-corrected chi connectivity index (χ2v) is 5.38. The van der Waals surface area contributed by atoms with Crippen molar-refractivity contribution in [1.82, 2.24) is 10.6 Å². The number of benzene rings is 1. The van der Waals surface area contributed by atoms with Gasteiger partial charge in [0.05, 0.1) is 0 Å². The maximum absolute atomic E-state index is 4.13. The average Bonchev–Trinajstić information content (AvgIpc) is 3.12. The van der Waals surface area contributed by atoms with Gasteiger partial charge in [-0.2, -0.15) is 0 Å². The molecule has 2 N–H and O–H groups in total. The van der Waals surface area contributed by atoms with Gasteiger partial charge in [0.2, 0.25) is 0 Å². The molecule has 2 rings (SSSR count). The molecule has 0 aliphatic heterocycles. The van der Waals surface area contributed by atoms with E-state index in [0.717, 1.165) is 17.0 Å². The van der Waals surface area contributed by atoms with Crippen LogP contribution in [0.2, 0.25) is 0 Å². The molecule has 1 fully saturated rings. The summed E-state index contributed by atoms with van der Waals surface area (Å²) < 4.78 is 1.15. The van der Waals surface area contributed by atoms with Gasteiger partial charge >= 0.3 is 0 Å². The predicted molar refractivity (Wildman–Crippen MR) is 75.5 cm³/mol. The van der Waals surface area contributed by atoms with Gasteiger partial charge in [0.25, 0.3) is 0 Å². The molecule has 17 heavy (non-hydrogen) atoms. The Balaban J connectivity index is 2.05. The van der Waals surface area contributed by atoms with Crippen molar-refractivity contribution in [1.29, 1.82) is 0 Å². The summed E-state index contributed by atoms with van der Waals surface area (Å²) in [4.78, 5) is 4.13. The molecule has 1 aromatic rings. The van der Waals surface area contributed by atoms with E-state index in [-0.39, 0.29) is 0 Å². The molecular formula is C13H18BrN3. The van der Waals surface area contributed by atoms with Crippen LogP contribution in [0.4, 0.5) is 0 Å². The van der Waals surface area contributed by atoms with E-state index in [2.05, 4.69) is 55.8 Å². The number of hydrogen-bond donors (Lipinski definition) is 2. The number of nitrogens with one attached hydrogen (secondary N) is 2. The minimum absolute atomic E-state index is 0.302. The van der Waals surface area contributed by atoms with Crippen LogP contribution in [0.5, 0.6) is 0 Å². The van der Waals surface area contributed by atoms with Gasteiger partial charge in [-0.3, -0.25) is 4.99 Å². The first kappa shape index (κ1) is 12.4. The zero-order valence-corrected chi connectivity index (χ0v) is 11.8. The van der Waals surface area contributed by atoms with Gasteiger partial charge in [-0.05, 0) is 30.5 Å². The number of guanidine groups is 1. The Labute approximate surface area is 111 Å². The summed E-state index contributed by atoms with van der Waals surface area (Å²) in [6.45, 7) is 0.941. The van der Waals surface area contributed by atoms with Gasteiger partial charge in [-0.1, -0.05) is 28.1 Å². The van der Waals surface area contributed by atoms with E-state index in [1.807, 2.05) is 7.05 Å². The zero-order valence-electron chi connectivity index (χ0n) is 10.3. The van der Waals surface area contributed by atoms with Crippen molar-refractivity contribution in [3.8, 4) is 0 Å². The minimum Gasteiger partial charge on any atom is -0.359 e. The monoisotopic (exact) mass is 295 g/mol. The molecule has 0 unspecified atom stereocenters. The number of halogens is 1. The maximum atomic E-state index is 4.13. The fourth-order valence-corrected chi connectivity index (χ4v) is 2.47. The van der Waals surface area contributed by atoms with Crippen LogP contribution in [-0.4, -0.2) is 26.6 Å². The smallest absolute Gasteiger partial charge is 0.190 e. The number of hydrogen-bond acceptors (Lipinski definition) is 1. The second kappa shape index (κ2) is 5.08. The Kier molecular flexibility index (Phi) is 3.72. The molecule has 0 saturated heterocycles. The van der Waals surface area contributed by atoms with Crippen LogP contribution in [-0.2, 0) is 5.41 Å². The first-order chi connectivity index (χ1) is 8.20. The number of nitrogens with zero attached hydrogens (tertiary/aromatic N) is 1. The number of rotatable bonds is 3. The van der Waals surface area contributed by atoms with E-state index in [1.165, 1.54) is 18.4 Å². The third-order valence-electron chi connectivity index (χ3n) is 3.35. The Morgan fingerprint density at radius 2 is 2.24 bits per heavy atom.